The fourth-order valence-corrected chi connectivity index (χ4v) is 2.37. The predicted octanol–water partition coefficient (Wildman–Crippen LogP) is 3.11. The van der Waals surface area contributed by atoms with Crippen molar-refractivity contribution in [2.75, 3.05) is 7.11 Å². The molecular weight excluding hydrogens is 218 g/mol. The zero-order valence-corrected chi connectivity index (χ0v) is 10.3. The summed E-state index contributed by atoms with van der Waals surface area (Å²) in [5.74, 6) is 0.892. The Hall–Kier alpha value is -1.32. The minimum absolute atomic E-state index is 0.0688. The second-order valence-corrected chi connectivity index (χ2v) is 4.54. The highest BCUT2D eigenvalue weighted by Gasteiger charge is 2.10. The summed E-state index contributed by atoms with van der Waals surface area (Å²) in [7, 11) is 1.68. The molecule has 1 aromatic heterocycles. The molecule has 1 aromatic carbocycles. The third kappa shape index (κ3) is 2.10. The van der Waals surface area contributed by atoms with Gasteiger partial charge in [-0.15, -0.1) is 0 Å². The van der Waals surface area contributed by atoms with Gasteiger partial charge in [0.1, 0.15) is 5.75 Å². The third-order valence-electron chi connectivity index (χ3n) is 2.69. The van der Waals surface area contributed by atoms with Gasteiger partial charge in [0.05, 0.1) is 13.2 Å². The third-order valence-corrected chi connectivity index (χ3v) is 3.39. The van der Waals surface area contributed by atoms with Gasteiger partial charge in [-0.1, -0.05) is 12.1 Å². The first-order chi connectivity index (χ1) is 7.72. The first kappa shape index (κ1) is 11.2. The average Bonchev–Trinajstić information content (AvgIpc) is 2.82. The van der Waals surface area contributed by atoms with Crippen LogP contribution in [0.2, 0.25) is 0 Å². The van der Waals surface area contributed by atoms with Gasteiger partial charge in [0, 0.05) is 0 Å². The fraction of sp³-hybridized carbons (Fsp3) is 0.231. The number of hydrogen-bond acceptors (Lipinski definition) is 3. The van der Waals surface area contributed by atoms with Gasteiger partial charge >= 0.3 is 0 Å². The van der Waals surface area contributed by atoms with Crippen LogP contribution in [0.1, 0.15) is 22.7 Å². The second-order valence-electron chi connectivity index (χ2n) is 3.76. The Balaban J connectivity index is 2.34. The lowest BCUT2D eigenvalue weighted by Gasteiger charge is -2.13. The van der Waals surface area contributed by atoms with Crippen LogP contribution >= 0.6 is 11.3 Å². The molecule has 0 bridgehead atoms. The Kier molecular flexibility index (Phi) is 3.27. The van der Waals surface area contributed by atoms with E-state index in [1.165, 1.54) is 0 Å². The molecule has 2 aromatic rings. The van der Waals surface area contributed by atoms with Gasteiger partial charge in [-0.25, -0.2) is 0 Å². The van der Waals surface area contributed by atoms with Crippen molar-refractivity contribution >= 4 is 11.3 Å². The molecule has 0 aliphatic rings. The normalized spacial score (nSPS) is 12.4. The summed E-state index contributed by atoms with van der Waals surface area (Å²) in [6.07, 6.45) is 0. The Morgan fingerprint density at radius 2 is 2.06 bits per heavy atom. The number of nitrogens with two attached hydrogens (primary N) is 1. The van der Waals surface area contributed by atoms with Crippen molar-refractivity contribution in [2.24, 2.45) is 5.73 Å². The topological polar surface area (TPSA) is 35.2 Å². The fourth-order valence-electron chi connectivity index (χ4n) is 1.67. The predicted molar refractivity (Wildman–Crippen MR) is 68.1 cm³/mol. The molecular formula is C13H15NOS. The summed E-state index contributed by atoms with van der Waals surface area (Å²) < 4.78 is 5.30. The van der Waals surface area contributed by atoms with E-state index < -0.39 is 0 Å². The van der Waals surface area contributed by atoms with Crippen molar-refractivity contribution in [3.8, 4) is 5.75 Å². The molecule has 0 fully saturated rings. The molecule has 0 amide bonds. The first-order valence-corrected chi connectivity index (χ1v) is 6.09. The number of ether oxygens (including phenoxy) is 1. The second kappa shape index (κ2) is 4.68. The summed E-state index contributed by atoms with van der Waals surface area (Å²) in [5, 5.41) is 4.12. The van der Waals surface area contributed by atoms with Crippen molar-refractivity contribution in [3.63, 3.8) is 0 Å². The van der Waals surface area contributed by atoms with E-state index in [9.17, 15) is 0 Å². The van der Waals surface area contributed by atoms with E-state index in [0.717, 1.165) is 22.4 Å². The smallest absolute Gasteiger partial charge is 0.122 e. The van der Waals surface area contributed by atoms with Crippen LogP contribution in [0.25, 0.3) is 0 Å². The zero-order chi connectivity index (χ0) is 11.5. The first-order valence-electron chi connectivity index (χ1n) is 5.14. The molecule has 0 aliphatic carbocycles. The molecule has 0 unspecified atom stereocenters. The van der Waals surface area contributed by atoms with Gasteiger partial charge < -0.3 is 10.5 Å². The van der Waals surface area contributed by atoms with E-state index in [4.69, 9.17) is 10.5 Å². The van der Waals surface area contributed by atoms with E-state index in [1.807, 2.05) is 24.4 Å². The minimum atomic E-state index is -0.0688. The van der Waals surface area contributed by atoms with Crippen LogP contribution in [-0.2, 0) is 0 Å². The van der Waals surface area contributed by atoms with Crippen LogP contribution in [0.5, 0.6) is 5.75 Å². The number of rotatable bonds is 3. The van der Waals surface area contributed by atoms with Crippen molar-refractivity contribution < 1.29 is 4.74 Å². The molecule has 84 valence electrons. The quantitative estimate of drug-likeness (QED) is 0.884. The zero-order valence-electron chi connectivity index (χ0n) is 9.44. The summed E-state index contributed by atoms with van der Waals surface area (Å²) >= 11 is 1.66. The Morgan fingerprint density at radius 1 is 1.25 bits per heavy atom. The Morgan fingerprint density at radius 3 is 2.69 bits per heavy atom. The lowest BCUT2D eigenvalue weighted by Crippen LogP contribution is -2.11. The largest absolute Gasteiger partial charge is 0.496 e. The molecule has 0 spiro atoms. The molecule has 2 rings (SSSR count). The van der Waals surface area contributed by atoms with Gasteiger partial charge in [-0.05, 0) is 46.5 Å². The number of benzene rings is 1. The lowest BCUT2D eigenvalue weighted by molar-refractivity contribution is 0.411. The molecule has 0 saturated carbocycles. The standard InChI is InChI=1S/C13H15NOS/c1-9-3-4-10(7-12(9)15-2)13(14)11-5-6-16-8-11/h3-8,13H,14H2,1-2H3/t13-/m1/s1. The van der Waals surface area contributed by atoms with Crippen molar-refractivity contribution in [3.05, 3.63) is 51.7 Å². The van der Waals surface area contributed by atoms with Crippen molar-refractivity contribution in [1.82, 2.24) is 0 Å². The molecule has 1 atom stereocenters. The van der Waals surface area contributed by atoms with Crippen LogP contribution in [0.15, 0.2) is 35.0 Å². The van der Waals surface area contributed by atoms with Crippen LogP contribution < -0.4 is 10.5 Å². The average molecular weight is 233 g/mol. The summed E-state index contributed by atoms with van der Waals surface area (Å²) in [4.78, 5) is 0. The maximum absolute atomic E-state index is 6.19. The van der Waals surface area contributed by atoms with Crippen molar-refractivity contribution in [2.45, 2.75) is 13.0 Å². The summed E-state index contributed by atoms with van der Waals surface area (Å²) in [6.45, 7) is 2.03. The summed E-state index contributed by atoms with van der Waals surface area (Å²) in [5.41, 5.74) is 9.55. The Bertz CT molecular complexity index is 465. The number of methoxy groups -OCH3 is 1. The van der Waals surface area contributed by atoms with E-state index >= 15 is 0 Å². The molecule has 2 N–H and O–H groups in total. The Labute approximate surface area is 99.7 Å². The van der Waals surface area contributed by atoms with Gasteiger partial charge in [-0.2, -0.15) is 11.3 Å². The summed E-state index contributed by atoms with van der Waals surface area (Å²) in [6, 6.07) is 8.10. The van der Waals surface area contributed by atoms with E-state index in [1.54, 1.807) is 18.4 Å². The van der Waals surface area contributed by atoms with Crippen LogP contribution in [-0.4, -0.2) is 7.11 Å². The maximum atomic E-state index is 6.19. The molecule has 16 heavy (non-hydrogen) atoms. The van der Waals surface area contributed by atoms with Gasteiger partial charge in [0.2, 0.25) is 0 Å². The van der Waals surface area contributed by atoms with Crippen LogP contribution in [0.3, 0.4) is 0 Å². The molecule has 0 radical (unpaired) electrons. The van der Waals surface area contributed by atoms with Crippen molar-refractivity contribution in [1.29, 1.82) is 0 Å². The van der Waals surface area contributed by atoms with E-state index in [2.05, 4.69) is 17.5 Å². The highest BCUT2D eigenvalue weighted by molar-refractivity contribution is 7.08. The molecule has 0 aliphatic heterocycles. The lowest BCUT2D eigenvalue weighted by atomic mass is 10.0. The molecule has 2 nitrogen and oxygen atoms in total. The molecule has 1 heterocycles. The number of aryl methyl sites for hydroxylation is 1. The van der Waals surface area contributed by atoms with Gasteiger partial charge in [0.15, 0.2) is 0 Å². The number of hydrogen-bond donors (Lipinski definition) is 1. The van der Waals surface area contributed by atoms with Gasteiger partial charge in [0.25, 0.3) is 0 Å². The maximum Gasteiger partial charge on any atom is 0.122 e. The minimum Gasteiger partial charge on any atom is -0.496 e. The molecule has 0 saturated heterocycles. The number of thiophene rings is 1. The van der Waals surface area contributed by atoms with Crippen LogP contribution in [0, 0.1) is 6.92 Å². The van der Waals surface area contributed by atoms with Gasteiger partial charge in [-0.3, -0.25) is 0 Å². The highest BCUT2D eigenvalue weighted by atomic mass is 32.1. The van der Waals surface area contributed by atoms with E-state index in [0.29, 0.717) is 0 Å². The van der Waals surface area contributed by atoms with E-state index in [-0.39, 0.29) is 6.04 Å². The monoisotopic (exact) mass is 233 g/mol. The van der Waals surface area contributed by atoms with Crippen LogP contribution in [0.4, 0.5) is 0 Å². The SMILES string of the molecule is COc1cc([C@@H](N)c2ccsc2)ccc1C. The molecule has 3 heteroatoms. The highest BCUT2D eigenvalue weighted by Crippen LogP contribution is 2.26.